The fourth-order valence-corrected chi connectivity index (χ4v) is 4.71. The van der Waals surface area contributed by atoms with Gasteiger partial charge in [0.15, 0.2) is 11.6 Å². The molecule has 2 heterocycles. The van der Waals surface area contributed by atoms with Gasteiger partial charge in [-0.1, -0.05) is 0 Å². The Morgan fingerprint density at radius 2 is 1.82 bits per heavy atom. The smallest absolute Gasteiger partial charge is 0.303 e. The number of anilines is 1. The number of ether oxygens (including phenoxy) is 1. The van der Waals surface area contributed by atoms with E-state index in [0.717, 1.165) is 42.3 Å². The summed E-state index contributed by atoms with van der Waals surface area (Å²) in [7, 11) is 0. The number of benzene rings is 2. The van der Waals surface area contributed by atoms with E-state index in [0.29, 0.717) is 25.2 Å². The van der Waals surface area contributed by atoms with Gasteiger partial charge in [0.05, 0.1) is 23.5 Å². The van der Waals surface area contributed by atoms with Gasteiger partial charge >= 0.3 is 5.97 Å². The third-order valence-electron chi connectivity index (χ3n) is 6.84. The lowest BCUT2D eigenvalue weighted by molar-refractivity contribution is -0.137. The summed E-state index contributed by atoms with van der Waals surface area (Å²) in [6.07, 6.45) is 7.37. The van der Waals surface area contributed by atoms with Crippen molar-refractivity contribution in [3.63, 3.8) is 0 Å². The molecule has 0 bridgehead atoms. The van der Waals surface area contributed by atoms with E-state index in [4.69, 9.17) is 9.84 Å². The number of nitrogens with zero attached hydrogens (tertiary/aromatic N) is 3. The highest BCUT2D eigenvalue weighted by atomic mass is 19.1. The monoisotopic (exact) mass is 455 g/mol. The number of aliphatic carboxylic acids is 1. The third kappa shape index (κ3) is 4.51. The molecule has 8 heteroatoms. The number of carbonyl (C=O) groups is 1. The van der Waals surface area contributed by atoms with Crippen LogP contribution < -0.4 is 9.64 Å². The van der Waals surface area contributed by atoms with Crippen LogP contribution in [0.15, 0.2) is 36.5 Å². The Morgan fingerprint density at radius 3 is 2.45 bits per heavy atom. The molecule has 1 N–H and O–H groups in total. The molecule has 33 heavy (non-hydrogen) atoms. The topological polar surface area (TPSA) is 67.6 Å². The Morgan fingerprint density at radius 1 is 1.09 bits per heavy atom. The van der Waals surface area contributed by atoms with Crippen molar-refractivity contribution < 1.29 is 23.4 Å². The van der Waals surface area contributed by atoms with E-state index in [2.05, 4.69) is 5.10 Å². The van der Waals surface area contributed by atoms with E-state index in [1.165, 1.54) is 23.2 Å². The lowest BCUT2D eigenvalue weighted by Gasteiger charge is -2.34. The van der Waals surface area contributed by atoms with Crippen molar-refractivity contribution in [3.8, 4) is 11.4 Å². The minimum absolute atomic E-state index is 0.0269. The molecule has 0 amide bonds. The predicted octanol–water partition coefficient (Wildman–Crippen LogP) is 5.32. The number of carboxylic acids is 1. The number of hydrogen-bond acceptors (Lipinski definition) is 4. The molecule has 6 nitrogen and oxygen atoms in total. The van der Waals surface area contributed by atoms with Gasteiger partial charge < -0.3 is 14.7 Å². The Bertz CT molecular complexity index is 1140. The average molecular weight is 456 g/mol. The molecule has 0 radical (unpaired) electrons. The molecule has 0 atom stereocenters. The molecule has 174 valence electrons. The van der Waals surface area contributed by atoms with Crippen molar-refractivity contribution >= 4 is 22.6 Å². The molecule has 0 spiro atoms. The van der Waals surface area contributed by atoms with E-state index >= 15 is 8.78 Å². The third-order valence-corrected chi connectivity index (χ3v) is 6.84. The standard InChI is InChI=1S/C25H27F2N3O3/c26-21-12-18(13-22(27)25(21)29-10-8-16(9-11-29)4-7-24(31)32)30-23-14-20(33-19-2-1-3-19)6-5-17(23)15-28-30/h5-6,12-16,19H,1-4,7-11H2,(H,31,32). The maximum atomic E-state index is 15.1. The average Bonchev–Trinajstić information content (AvgIpc) is 3.18. The van der Waals surface area contributed by atoms with Gasteiger partial charge in [0.1, 0.15) is 11.4 Å². The Balaban J connectivity index is 1.36. The second-order valence-electron chi connectivity index (χ2n) is 9.07. The molecule has 1 aromatic heterocycles. The zero-order valence-electron chi connectivity index (χ0n) is 18.3. The fraction of sp³-hybridized carbons (Fsp3) is 0.440. The van der Waals surface area contributed by atoms with E-state index < -0.39 is 17.6 Å². The quantitative estimate of drug-likeness (QED) is 0.523. The summed E-state index contributed by atoms with van der Waals surface area (Å²) in [6.45, 7) is 1.01. The van der Waals surface area contributed by atoms with E-state index in [-0.39, 0.29) is 24.1 Å². The fourth-order valence-electron chi connectivity index (χ4n) is 4.71. The molecule has 3 aromatic rings. The summed E-state index contributed by atoms with van der Waals surface area (Å²) < 4.78 is 37.7. The van der Waals surface area contributed by atoms with Gasteiger partial charge in [-0.05, 0) is 56.6 Å². The highest BCUT2D eigenvalue weighted by Crippen LogP contribution is 2.33. The highest BCUT2D eigenvalue weighted by Gasteiger charge is 2.25. The molecule has 1 saturated heterocycles. The van der Waals surface area contributed by atoms with E-state index in [1.54, 1.807) is 11.1 Å². The lowest BCUT2D eigenvalue weighted by atomic mass is 9.92. The Hall–Kier alpha value is -3.16. The number of rotatable bonds is 7. The molecule has 2 fully saturated rings. The maximum Gasteiger partial charge on any atom is 0.303 e. The van der Waals surface area contributed by atoms with Gasteiger partial charge in [-0.15, -0.1) is 0 Å². The van der Waals surface area contributed by atoms with Gasteiger partial charge in [-0.2, -0.15) is 5.10 Å². The molecule has 1 aliphatic carbocycles. The number of halogens is 2. The number of aromatic nitrogens is 2. The SMILES string of the molecule is O=C(O)CCC1CCN(c2c(F)cc(-n3ncc4ccc(OC5CCC5)cc43)cc2F)CC1. The number of piperidine rings is 1. The van der Waals surface area contributed by atoms with Gasteiger partial charge in [0.2, 0.25) is 0 Å². The zero-order chi connectivity index (χ0) is 22.9. The summed E-state index contributed by atoms with van der Waals surface area (Å²) >= 11 is 0. The van der Waals surface area contributed by atoms with Crippen molar-refractivity contribution in [2.24, 2.45) is 5.92 Å². The molecular formula is C25H27F2N3O3. The van der Waals surface area contributed by atoms with E-state index in [1.807, 2.05) is 18.2 Å². The van der Waals surface area contributed by atoms with Crippen LogP contribution in [-0.4, -0.2) is 40.0 Å². The molecule has 1 aliphatic heterocycles. The van der Waals surface area contributed by atoms with Gasteiger partial charge in [-0.25, -0.2) is 13.5 Å². The van der Waals surface area contributed by atoms with Gasteiger partial charge in [0, 0.05) is 43.1 Å². The maximum absolute atomic E-state index is 15.1. The van der Waals surface area contributed by atoms with Crippen LogP contribution in [0.1, 0.15) is 44.9 Å². The molecule has 1 saturated carbocycles. The first-order valence-corrected chi connectivity index (χ1v) is 11.6. The molecular weight excluding hydrogens is 428 g/mol. The first kappa shape index (κ1) is 21.7. The van der Waals surface area contributed by atoms with Crippen molar-refractivity contribution in [1.82, 2.24) is 9.78 Å². The first-order valence-electron chi connectivity index (χ1n) is 11.6. The molecule has 2 aliphatic rings. The molecule has 0 unspecified atom stereocenters. The zero-order valence-corrected chi connectivity index (χ0v) is 18.3. The predicted molar refractivity (Wildman–Crippen MR) is 121 cm³/mol. The summed E-state index contributed by atoms with van der Waals surface area (Å²) in [4.78, 5) is 12.5. The number of carboxylic acid groups (broad SMARTS) is 1. The summed E-state index contributed by atoms with van der Waals surface area (Å²) in [5, 5.41) is 14.1. The second kappa shape index (κ2) is 9.00. The Kier molecular flexibility index (Phi) is 5.91. The van der Waals surface area contributed by atoms with Crippen molar-refractivity contribution in [3.05, 3.63) is 48.2 Å². The number of fused-ring (bicyclic) bond motifs is 1. The van der Waals surface area contributed by atoms with Crippen molar-refractivity contribution in [1.29, 1.82) is 0 Å². The summed E-state index contributed by atoms with van der Waals surface area (Å²) in [5.74, 6) is -1.05. The Labute approximate surface area is 190 Å². The van der Waals surface area contributed by atoms with E-state index in [9.17, 15) is 4.79 Å². The van der Waals surface area contributed by atoms with Crippen molar-refractivity contribution in [2.45, 2.75) is 51.0 Å². The van der Waals surface area contributed by atoms with Crippen LogP contribution in [0.2, 0.25) is 0 Å². The lowest BCUT2D eigenvalue weighted by Crippen LogP contribution is -2.35. The minimum Gasteiger partial charge on any atom is -0.490 e. The number of hydrogen-bond donors (Lipinski definition) is 1. The summed E-state index contributed by atoms with van der Waals surface area (Å²) in [6, 6.07) is 8.31. The second-order valence-corrected chi connectivity index (χ2v) is 9.07. The van der Waals surface area contributed by atoms with Gasteiger partial charge in [0.25, 0.3) is 0 Å². The van der Waals surface area contributed by atoms with Crippen LogP contribution in [-0.2, 0) is 4.79 Å². The van der Waals surface area contributed by atoms with Crippen LogP contribution in [0.25, 0.3) is 16.6 Å². The van der Waals surface area contributed by atoms with Crippen LogP contribution in [0, 0.1) is 17.6 Å². The first-order chi connectivity index (χ1) is 16.0. The molecule has 5 rings (SSSR count). The largest absolute Gasteiger partial charge is 0.490 e. The van der Waals surface area contributed by atoms with Crippen LogP contribution in [0.5, 0.6) is 5.75 Å². The van der Waals surface area contributed by atoms with Gasteiger partial charge in [-0.3, -0.25) is 4.79 Å². The van der Waals surface area contributed by atoms with Crippen molar-refractivity contribution in [2.75, 3.05) is 18.0 Å². The summed E-state index contributed by atoms with van der Waals surface area (Å²) in [5.41, 5.74) is 1.03. The highest BCUT2D eigenvalue weighted by molar-refractivity contribution is 5.82. The molecule has 2 aromatic carbocycles. The normalized spacial score (nSPS) is 17.3. The van der Waals surface area contributed by atoms with Crippen LogP contribution in [0.4, 0.5) is 14.5 Å². The van der Waals surface area contributed by atoms with Crippen LogP contribution in [0.3, 0.4) is 0 Å². The van der Waals surface area contributed by atoms with Crippen LogP contribution >= 0.6 is 0 Å². The minimum atomic E-state index is -0.807.